The van der Waals surface area contributed by atoms with E-state index in [0.29, 0.717) is 12.7 Å². The van der Waals surface area contributed by atoms with Crippen molar-refractivity contribution in [2.45, 2.75) is 44.3 Å². The Morgan fingerprint density at radius 1 is 1.19 bits per heavy atom. The van der Waals surface area contributed by atoms with Crippen LogP contribution in [-0.4, -0.2) is 38.5 Å². The molecule has 2 aromatic rings. The number of para-hydroxylation sites is 1. The first-order chi connectivity index (χ1) is 13.2. The molecule has 27 heavy (non-hydrogen) atoms. The molecule has 1 saturated heterocycles. The molecule has 3 aliphatic heterocycles. The summed E-state index contributed by atoms with van der Waals surface area (Å²) in [5, 5.41) is 0. The van der Waals surface area contributed by atoms with E-state index in [4.69, 9.17) is 14.2 Å². The molecule has 1 unspecified atom stereocenters. The highest BCUT2D eigenvalue weighted by atomic mass is 16.5. The second-order valence-corrected chi connectivity index (χ2v) is 8.23. The molecule has 1 fully saturated rings. The molecule has 0 N–H and O–H groups in total. The molecule has 2 aromatic carbocycles. The van der Waals surface area contributed by atoms with E-state index < -0.39 is 0 Å². The van der Waals surface area contributed by atoms with E-state index in [1.807, 2.05) is 13.8 Å². The number of hydrogen-bond acceptors (Lipinski definition) is 4. The molecule has 4 heteroatoms. The number of fused-ring (bicyclic) bond motifs is 4. The van der Waals surface area contributed by atoms with Gasteiger partial charge in [-0.25, -0.2) is 0 Å². The third-order valence-corrected chi connectivity index (χ3v) is 5.98. The average molecular weight is 365 g/mol. The molecule has 3 heterocycles. The lowest BCUT2D eigenvalue weighted by Gasteiger charge is -2.26. The van der Waals surface area contributed by atoms with Crippen LogP contribution in [0.25, 0.3) is 0 Å². The summed E-state index contributed by atoms with van der Waals surface area (Å²) in [6.07, 6.45) is 2.84. The van der Waals surface area contributed by atoms with Crippen molar-refractivity contribution in [1.82, 2.24) is 0 Å². The van der Waals surface area contributed by atoms with Crippen molar-refractivity contribution in [2.75, 3.05) is 31.2 Å². The van der Waals surface area contributed by atoms with Crippen molar-refractivity contribution in [3.05, 3.63) is 53.6 Å². The van der Waals surface area contributed by atoms with E-state index in [0.717, 1.165) is 37.6 Å². The molecule has 0 aliphatic carbocycles. The molecule has 4 nitrogen and oxygen atoms in total. The fourth-order valence-electron chi connectivity index (χ4n) is 4.84. The zero-order valence-corrected chi connectivity index (χ0v) is 16.1. The largest absolute Gasteiger partial charge is 0.492 e. The summed E-state index contributed by atoms with van der Waals surface area (Å²) in [4.78, 5) is 2.50. The Morgan fingerprint density at radius 3 is 2.89 bits per heavy atom. The molecule has 0 bridgehead atoms. The van der Waals surface area contributed by atoms with Crippen molar-refractivity contribution in [3.63, 3.8) is 0 Å². The smallest absolute Gasteiger partial charge is 0.127 e. The van der Waals surface area contributed by atoms with E-state index in [1.165, 1.54) is 23.2 Å². The van der Waals surface area contributed by atoms with Crippen LogP contribution in [0.4, 0.5) is 5.69 Å². The minimum Gasteiger partial charge on any atom is -0.492 e. The van der Waals surface area contributed by atoms with Crippen molar-refractivity contribution < 1.29 is 14.2 Å². The Balaban J connectivity index is 1.50. The zero-order valence-electron chi connectivity index (χ0n) is 16.1. The molecule has 142 valence electrons. The topological polar surface area (TPSA) is 30.9 Å². The van der Waals surface area contributed by atoms with E-state index in [1.54, 1.807) is 0 Å². The quantitative estimate of drug-likeness (QED) is 0.814. The van der Waals surface area contributed by atoms with Crippen LogP contribution in [0, 0.1) is 0 Å². The minimum absolute atomic E-state index is 0.0963. The van der Waals surface area contributed by atoms with Gasteiger partial charge in [0.2, 0.25) is 0 Å². The average Bonchev–Trinajstić information content (AvgIpc) is 3.36. The van der Waals surface area contributed by atoms with Gasteiger partial charge in [-0.3, -0.25) is 0 Å². The Kier molecular flexibility index (Phi) is 4.05. The summed E-state index contributed by atoms with van der Waals surface area (Å²) in [6, 6.07) is 15.1. The first-order valence-electron chi connectivity index (χ1n) is 10.1. The summed E-state index contributed by atoms with van der Waals surface area (Å²) >= 11 is 0. The van der Waals surface area contributed by atoms with E-state index in [2.05, 4.69) is 47.4 Å². The lowest BCUT2D eigenvalue weighted by atomic mass is 9.78. The molecule has 0 aromatic heterocycles. The number of rotatable bonds is 4. The first kappa shape index (κ1) is 16.9. The maximum absolute atomic E-state index is 6.20. The molecule has 0 amide bonds. The highest BCUT2D eigenvalue weighted by Crippen LogP contribution is 2.52. The number of benzene rings is 2. The third-order valence-electron chi connectivity index (χ3n) is 5.98. The lowest BCUT2D eigenvalue weighted by Crippen LogP contribution is -2.39. The fraction of sp³-hybridized carbons (Fsp3) is 0.478. The fourth-order valence-corrected chi connectivity index (χ4v) is 4.84. The third kappa shape index (κ3) is 2.78. The molecular formula is C23H27NO3. The van der Waals surface area contributed by atoms with Crippen molar-refractivity contribution in [3.8, 4) is 11.5 Å². The summed E-state index contributed by atoms with van der Waals surface area (Å²) < 4.78 is 18.0. The van der Waals surface area contributed by atoms with Crippen LogP contribution in [0.5, 0.6) is 11.5 Å². The number of ether oxygens (including phenoxy) is 3. The van der Waals surface area contributed by atoms with E-state index in [9.17, 15) is 0 Å². The zero-order chi connectivity index (χ0) is 18.4. The summed E-state index contributed by atoms with van der Waals surface area (Å²) in [5.74, 6) is 1.84. The van der Waals surface area contributed by atoms with Crippen LogP contribution in [0.2, 0.25) is 0 Å². The standard InChI is InChI=1S/C23H27NO3/c1-16(2)27-17-9-10-20-22(12-17)26-15-23(20)14-24(13-18-6-5-11-25-18)21-8-4-3-7-19(21)23/h3-4,7-10,12,16,18H,5-6,11,13-15H2,1-2H3/t18-,23?/m1/s1. The molecule has 0 saturated carbocycles. The molecule has 3 aliphatic rings. The predicted molar refractivity (Wildman–Crippen MR) is 106 cm³/mol. The van der Waals surface area contributed by atoms with Gasteiger partial charge in [0.05, 0.1) is 17.6 Å². The van der Waals surface area contributed by atoms with Crippen LogP contribution < -0.4 is 14.4 Å². The molecule has 2 atom stereocenters. The van der Waals surface area contributed by atoms with Crippen LogP contribution in [0.3, 0.4) is 0 Å². The van der Waals surface area contributed by atoms with Gasteiger partial charge in [-0.1, -0.05) is 24.3 Å². The Labute approximate surface area is 161 Å². The normalized spacial score (nSPS) is 25.7. The number of anilines is 1. The van der Waals surface area contributed by atoms with Gasteiger partial charge in [0.1, 0.15) is 18.1 Å². The highest BCUT2D eigenvalue weighted by molar-refractivity contribution is 5.69. The maximum Gasteiger partial charge on any atom is 0.127 e. The van der Waals surface area contributed by atoms with Crippen LogP contribution >= 0.6 is 0 Å². The van der Waals surface area contributed by atoms with Gasteiger partial charge in [0.15, 0.2) is 0 Å². The Morgan fingerprint density at radius 2 is 2.07 bits per heavy atom. The summed E-state index contributed by atoms with van der Waals surface area (Å²) in [6.45, 7) is 7.59. The van der Waals surface area contributed by atoms with Crippen molar-refractivity contribution >= 4 is 5.69 Å². The second-order valence-electron chi connectivity index (χ2n) is 8.23. The number of hydrogen-bond donors (Lipinski definition) is 0. The Bertz CT molecular complexity index is 843. The van der Waals surface area contributed by atoms with E-state index in [-0.39, 0.29) is 11.5 Å². The van der Waals surface area contributed by atoms with Gasteiger partial charge >= 0.3 is 0 Å². The second kappa shape index (κ2) is 6.45. The van der Waals surface area contributed by atoms with E-state index >= 15 is 0 Å². The molecule has 5 rings (SSSR count). The molecule has 0 radical (unpaired) electrons. The van der Waals surface area contributed by atoms with Crippen LogP contribution in [-0.2, 0) is 10.2 Å². The van der Waals surface area contributed by atoms with Crippen LogP contribution in [0.1, 0.15) is 37.8 Å². The Hall–Kier alpha value is -2.20. The van der Waals surface area contributed by atoms with Gasteiger partial charge in [-0.2, -0.15) is 0 Å². The van der Waals surface area contributed by atoms with Gasteiger partial charge in [0.25, 0.3) is 0 Å². The first-order valence-corrected chi connectivity index (χ1v) is 10.1. The SMILES string of the molecule is CC(C)Oc1ccc2c(c1)OCC21CN(C[C@H]2CCCO2)c2ccccc21. The maximum atomic E-state index is 6.20. The van der Waals surface area contributed by atoms with Crippen LogP contribution in [0.15, 0.2) is 42.5 Å². The monoisotopic (exact) mass is 365 g/mol. The predicted octanol–water partition coefficient (Wildman–Crippen LogP) is 4.15. The number of nitrogens with zero attached hydrogens (tertiary/aromatic N) is 1. The van der Waals surface area contributed by atoms with Crippen molar-refractivity contribution in [1.29, 1.82) is 0 Å². The molecular weight excluding hydrogens is 338 g/mol. The van der Waals surface area contributed by atoms with Crippen molar-refractivity contribution in [2.24, 2.45) is 0 Å². The minimum atomic E-state index is -0.0963. The summed E-state index contributed by atoms with van der Waals surface area (Å²) in [5.41, 5.74) is 3.88. The molecule has 1 spiro atoms. The van der Waals surface area contributed by atoms with Gasteiger partial charge in [0, 0.05) is 37.0 Å². The summed E-state index contributed by atoms with van der Waals surface area (Å²) in [7, 11) is 0. The van der Waals surface area contributed by atoms with Gasteiger partial charge in [-0.05, 0) is 44.4 Å². The highest BCUT2D eigenvalue weighted by Gasteiger charge is 2.50. The lowest BCUT2D eigenvalue weighted by molar-refractivity contribution is 0.115. The van der Waals surface area contributed by atoms with Gasteiger partial charge < -0.3 is 19.1 Å². The van der Waals surface area contributed by atoms with Gasteiger partial charge in [-0.15, -0.1) is 0 Å².